The van der Waals surface area contributed by atoms with Gasteiger partial charge in [0.15, 0.2) is 5.84 Å². The number of likely N-dealkylation sites (N-methyl/N-ethyl adjacent to an activating group) is 1. The average molecular weight is 468 g/mol. The highest BCUT2D eigenvalue weighted by molar-refractivity contribution is 6.35. The van der Waals surface area contributed by atoms with Crippen molar-refractivity contribution in [3.63, 3.8) is 0 Å². The minimum atomic E-state index is -1.25. The van der Waals surface area contributed by atoms with E-state index in [0.29, 0.717) is 16.3 Å². The van der Waals surface area contributed by atoms with Crippen LogP contribution in [-0.4, -0.2) is 64.7 Å². The first-order valence-electron chi connectivity index (χ1n) is 10.5. The van der Waals surface area contributed by atoms with Gasteiger partial charge in [-0.15, -0.1) is 0 Å². The van der Waals surface area contributed by atoms with Crippen LogP contribution in [0, 0.1) is 5.92 Å². The minimum Gasteiger partial charge on any atom is -0.334 e. The van der Waals surface area contributed by atoms with Gasteiger partial charge in [0.2, 0.25) is 5.91 Å². The number of carbonyl (C=O) groups excluding carboxylic acids is 4. The number of fused-ring (bicyclic) bond motifs is 1. The number of aliphatic imine (C=N–C) groups is 2. The molecule has 1 saturated heterocycles. The molecule has 0 aromatic heterocycles. The van der Waals surface area contributed by atoms with Gasteiger partial charge < -0.3 is 10.2 Å². The summed E-state index contributed by atoms with van der Waals surface area (Å²) in [5.41, 5.74) is -0.163. The molecular formula is C23H22ClN5O4. The van der Waals surface area contributed by atoms with Crippen molar-refractivity contribution in [2.75, 3.05) is 19.6 Å². The Labute approximate surface area is 195 Å². The summed E-state index contributed by atoms with van der Waals surface area (Å²) >= 11 is 6.01. The maximum absolute atomic E-state index is 13.1. The number of carbonyl (C=O) groups is 4. The fourth-order valence-electron chi connectivity index (χ4n) is 3.91. The lowest BCUT2D eigenvalue weighted by atomic mass is 9.92. The molecule has 0 bridgehead atoms. The highest BCUT2D eigenvalue weighted by Gasteiger charge is 2.49. The topological polar surface area (TPSA) is 112 Å². The van der Waals surface area contributed by atoms with Crippen molar-refractivity contribution in [3.05, 3.63) is 59.2 Å². The number of halogens is 1. The van der Waals surface area contributed by atoms with E-state index in [4.69, 9.17) is 11.6 Å². The number of benzene rings is 1. The van der Waals surface area contributed by atoms with Crippen molar-refractivity contribution in [1.29, 1.82) is 0 Å². The number of nitrogens with one attached hydrogen (secondary N) is 1. The van der Waals surface area contributed by atoms with Gasteiger partial charge in [-0.05, 0) is 31.6 Å². The van der Waals surface area contributed by atoms with Gasteiger partial charge in [-0.25, -0.2) is 9.79 Å². The van der Waals surface area contributed by atoms with Crippen LogP contribution in [0.1, 0.15) is 19.4 Å². The Balaban J connectivity index is 1.48. The molecule has 0 radical (unpaired) electrons. The van der Waals surface area contributed by atoms with Gasteiger partial charge >= 0.3 is 6.03 Å². The van der Waals surface area contributed by atoms with E-state index in [1.165, 1.54) is 4.90 Å². The smallest absolute Gasteiger partial charge is 0.325 e. The SMILES string of the molecule is CCN(CC1=NC(=O)C2C=CC(Cl)=CC2=N1)C(=O)CN1C(=O)NC(C)(c2ccccc2)C1=O. The van der Waals surface area contributed by atoms with Crippen molar-refractivity contribution in [2.24, 2.45) is 15.9 Å². The van der Waals surface area contributed by atoms with Crippen LogP contribution >= 0.6 is 11.6 Å². The van der Waals surface area contributed by atoms with E-state index in [1.807, 2.05) is 6.07 Å². The largest absolute Gasteiger partial charge is 0.334 e. The third-order valence-electron chi connectivity index (χ3n) is 5.80. The van der Waals surface area contributed by atoms with E-state index in [2.05, 4.69) is 15.3 Å². The summed E-state index contributed by atoms with van der Waals surface area (Å²) in [6, 6.07) is 8.20. The predicted molar refractivity (Wildman–Crippen MR) is 123 cm³/mol. The maximum atomic E-state index is 13.1. The molecule has 2 heterocycles. The summed E-state index contributed by atoms with van der Waals surface area (Å²) in [4.78, 5) is 61.6. The van der Waals surface area contributed by atoms with E-state index >= 15 is 0 Å². The number of imide groups is 1. The number of rotatable bonds is 6. The number of allylic oxidation sites excluding steroid dienone is 3. The number of hydrogen-bond donors (Lipinski definition) is 1. The number of amidine groups is 1. The minimum absolute atomic E-state index is 0.0356. The number of hydrogen-bond acceptors (Lipinski definition) is 5. The number of urea groups is 1. The van der Waals surface area contributed by atoms with Crippen LogP contribution in [-0.2, 0) is 19.9 Å². The first-order valence-corrected chi connectivity index (χ1v) is 10.8. The Morgan fingerprint density at radius 1 is 1.21 bits per heavy atom. The summed E-state index contributed by atoms with van der Waals surface area (Å²) in [5, 5.41) is 3.13. The van der Waals surface area contributed by atoms with Gasteiger partial charge in [0, 0.05) is 11.6 Å². The third kappa shape index (κ3) is 4.23. The van der Waals surface area contributed by atoms with Crippen molar-refractivity contribution in [3.8, 4) is 0 Å². The molecule has 4 rings (SSSR count). The van der Waals surface area contributed by atoms with Crippen LogP contribution < -0.4 is 5.32 Å². The second kappa shape index (κ2) is 8.74. The van der Waals surface area contributed by atoms with Crippen LogP contribution in [0.4, 0.5) is 4.79 Å². The molecule has 33 heavy (non-hydrogen) atoms. The Morgan fingerprint density at radius 2 is 1.94 bits per heavy atom. The van der Waals surface area contributed by atoms with Crippen molar-refractivity contribution < 1.29 is 19.2 Å². The summed E-state index contributed by atoms with van der Waals surface area (Å²) in [5.74, 6) is -1.77. The molecule has 1 N–H and O–H groups in total. The van der Waals surface area contributed by atoms with Crippen molar-refractivity contribution >= 4 is 46.9 Å². The molecular weight excluding hydrogens is 446 g/mol. The summed E-state index contributed by atoms with van der Waals surface area (Å²) in [6.07, 6.45) is 4.84. The van der Waals surface area contributed by atoms with Gasteiger partial charge in [0.25, 0.3) is 11.8 Å². The van der Waals surface area contributed by atoms with Crippen molar-refractivity contribution in [1.82, 2.24) is 15.1 Å². The molecule has 170 valence electrons. The van der Waals surface area contributed by atoms with Crippen LogP contribution in [0.3, 0.4) is 0 Å². The fourth-order valence-corrected chi connectivity index (χ4v) is 4.09. The molecule has 1 fully saturated rings. The molecule has 1 aromatic rings. The van der Waals surface area contributed by atoms with Crippen LogP contribution in [0.2, 0.25) is 0 Å². The zero-order valence-corrected chi connectivity index (χ0v) is 18.9. The normalized spacial score (nSPS) is 24.1. The zero-order valence-electron chi connectivity index (χ0n) is 18.1. The molecule has 10 heteroatoms. The molecule has 0 spiro atoms. The van der Waals surface area contributed by atoms with Gasteiger partial charge in [-0.1, -0.05) is 48.0 Å². The lowest BCUT2D eigenvalue weighted by molar-refractivity contribution is -0.138. The van der Waals surface area contributed by atoms with E-state index in [1.54, 1.807) is 56.3 Å². The number of amides is 5. The standard InChI is InChI=1S/C23H22ClN5O4/c1-3-28(12-18-25-17-11-15(24)9-10-16(17)20(31)26-18)19(30)13-29-21(32)23(2,27-22(29)33)14-7-5-4-6-8-14/h4-11,16H,3,12-13H2,1-2H3,(H,27,33). The highest BCUT2D eigenvalue weighted by Crippen LogP contribution is 2.28. The first-order chi connectivity index (χ1) is 15.7. The van der Waals surface area contributed by atoms with E-state index < -0.39 is 35.8 Å². The van der Waals surface area contributed by atoms with Crippen LogP contribution in [0.15, 0.2) is 63.6 Å². The fraction of sp³-hybridized carbons (Fsp3) is 0.304. The Kier molecular flexibility index (Phi) is 5.99. The van der Waals surface area contributed by atoms with E-state index in [-0.39, 0.29) is 24.8 Å². The van der Waals surface area contributed by atoms with E-state index in [0.717, 1.165) is 4.90 Å². The summed E-state index contributed by atoms with van der Waals surface area (Å²) in [7, 11) is 0. The lowest BCUT2D eigenvalue weighted by Gasteiger charge is -2.25. The summed E-state index contributed by atoms with van der Waals surface area (Å²) < 4.78 is 0. The molecule has 2 unspecified atom stereocenters. The Hall–Kier alpha value is -3.59. The molecule has 9 nitrogen and oxygen atoms in total. The highest BCUT2D eigenvalue weighted by atomic mass is 35.5. The van der Waals surface area contributed by atoms with Crippen LogP contribution in [0.25, 0.3) is 0 Å². The molecule has 2 atom stereocenters. The average Bonchev–Trinajstić information content (AvgIpc) is 3.01. The molecule has 5 amide bonds. The summed E-state index contributed by atoms with van der Waals surface area (Å²) in [6.45, 7) is 3.16. The molecule has 2 aliphatic heterocycles. The van der Waals surface area contributed by atoms with Gasteiger partial charge in [-0.3, -0.25) is 19.3 Å². The van der Waals surface area contributed by atoms with Gasteiger partial charge in [-0.2, -0.15) is 4.99 Å². The quantitative estimate of drug-likeness (QED) is 0.645. The molecule has 1 aromatic carbocycles. The third-order valence-corrected chi connectivity index (χ3v) is 6.04. The first kappa shape index (κ1) is 22.6. The van der Waals surface area contributed by atoms with Crippen LogP contribution in [0.5, 0.6) is 0 Å². The van der Waals surface area contributed by atoms with Gasteiger partial charge in [0.05, 0.1) is 12.3 Å². The Morgan fingerprint density at radius 3 is 2.64 bits per heavy atom. The zero-order chi connectivity index (χ0) is 23.8. The van der Waals surface area contributed by atoms with Gasteiger partial charge in [0.1, 0.15) is 18.0 Å². The predicted octanol–water partition coefficient (Wildman–Crippen LogP) is 1.99. The second-order valence-corrected chi connectivity index (χ2v) is 8.43. The van der Waals surface area contributed by atoms with Crippen molar-refractivity contribution in [2.45, 2.75) is 19.4 Å². The molecule has 1 aliphatic carbocycles. The number of nitrogens with zero attached hydrogens (tertiary/aromatic N) is 4. The lowest BCUT2D eigenvalue weighted by Crippen LogP contribution is -2.46. The monoisotopic (exact) mass is 467 g/mol. The maximum Gasteiger partial charge on any atom is 0.325 e. The molecule has 0 saturated carbocycles. The Bertz CT molecular complexity index is 1160. The van der Waals surface area contributed by atoms with E-state index in [9.17, 15) is 19.2 Å². The second-order valence-electron chi connectivity index (χ2n) is 7.99. The molecule has 3 aliphatic rings.